The molecule has 0 radical (unpaired) electrons. The van der Waals surface area contributed by atoms with Crippen molar-refractivity contribution in [2.45, 2.75) is 40.0 Å². The number of hydrogen-bond acceptors (Lipinski definition) is 2. The summed E-state index contributed by atoms with van der Waals surface area (Å²) in [5, 5.41) is 3.07. The van der Waals surface area contributed by atoms with E-state index < -0.39 is 0 Å². The molecule has 4 nitrogen and oxygen atoms in total. The number of anilines is 1. The molecule has 0 atom stereocenters. The van der Waals surface area contributed by atoms with Crippen LogP contribution in [0.1, 0.15) is 35.1 Å². The first-order valence-electron chi connectivity index (χ1n) is 9.64. The molecule has 1 heterocycles. The van der Waals surface area contributed by atoms with Crippen molar-refractivity contribution >= 4 is 17.5 Å². The minimum Gasteiger partial charge on any atom is -0.342 e. The first-order chi connectivity index (χ1) is 12.9. The van der Waals surface area contributed by atoms with Crippen LogP contribution in [-0.4, -0.2) is 29.8 Å². The summed E-state index contributed by atoms with van der Waals surface area (Å²) in [6.07, 6.45) is 1.87. The lowest BCUT2D eigenvalue weighted by Crippen LogP contribution is -2.42. The summed E-state index contributed by atoms with van der Waals surface area (Å²) in [6, 6.07) is 14.2. The lowest BCUT2D eigenvalue weighted by atomic mass is 9.95. The van der Waals surface area contributed by atoms with E-state index in [-0.39, 0.29) is 17.7 Å². The van der Waals surface area contributed by atoms with Crippen molar-refractivity contribution < 1.29 is 9.59 Å². The fourth-order valence-corrected chi connectivity index (χ4v) is 3.60. The molecule has 0 unspecified atom stereocenters. The summed E-state index contributed by atoms with van der Waals surface area (Å²) in [4.78, 5) is 27.1. The van der Waals surface area contributed by atoms with Crippen molar-refractivity contribution in [3.63, 3.8) is 0 Å². The standard InChI is InChI=1S/C23H28N2O2/c1-16-5-4-6-19(13-16)15-22(26)25-11-9-20(10-12-25)23(27)24-21-14-17(2)7-8-18(21)3/h4-8,13-14,20H,9-12,15H2,1-3H3,(H,24,27). The summed E-state index contributed by atoms with van der Waals surface area (Å²) in [6.45, 7) is 7.36. The van der Waals surface area contributed by atoms with Crippen LogP contribution in [0, 0.1) is 26.7 Å². The summed E-state index contributed by atoms with van der Waals surface area (Å²) in [5.41, 5.74) is 5.31. The van der Waals surface area contributed by atoms with Crippen molar-refractivity contribution in [3.8, 4) is 0 Å². The zero-order valence-electron chi connectivity index (χ0n) is 16.4. The molecule has 4 heteroatoms. The van der Waals surface area contributed by atoms with Gasteiger partial charge in [0.2, 0.25) is 11.8 Å². The highest BCUT2D eigenvalue weighted by Crippen LogP contribution is 2.22. The molecule has 1 fully saturated rings. The van der Waals surface area contributed by atoms with E-state index in [4.69, 9.17) is 0 Å². The number of piperidine rings is 1. The smallest absolute Gasteiger partial charge is 0.227 e. The van der Waals surface area contributed by atoms with Crippen molar-refractivity contribution in [1.29, 1.82) is 0 Å². The van der Waals surface area contributed by atoms with E-state index in [9.17, 15) is 9.59 Å². The Bertz CT molecular complexity index is 836. The summed E-state index contributed by atoms with van der Waals surface area (Å²) in [5.74, 6) is 0.177. The van der Waals surface area contributed by atoms with Crippen molar-refractivity contribution in [1.82, 2.24) is 4.90 Å². The van der Waals surface area contributed by atoms with E-state index in [1.165, 1.54) is 5.56 Å². The normalized spacial score (nSPS) is 14.9. The lowest BCUT2D eigenvalue weighted by Gasteiger charge is -2.31. The van der Waals surface area contributed by atoms with Gasteiger partial charge < -0.3 is 10.2 Å². The largest absolute Gasteiger partial charge is 0.342 e. The van der Waals surface area contributed by atoms with Gasteiger partial charge in [-0.15, -0.1) is 0 Å². The van der Waals surface area contributed by atoms with Crippen LogP contribution in [0.5, 0.6) is 0 Å². The van der Waals surface area contributed by atoms with Crippen LogP contribution in [0.3, 0.4) is 0 Å². The van der Waals surface area contributed by atoms with E-state index >= 15 is 0 Å². The summed E-state index contributed by atoms with van der Waals surface area (Å²) >= 11 is 0. The van der Waals surface area contributed by atoms with Crippen molar-refractivity contribution in [2.24, 2.45) is 5.92 Å². The van der Waals surface area contributed by atoms with Gasteiger partial charge in [-0.25, -0.2) is 0 Å². The maximum atomic E-state index is 12.6. The molecular weight excluding hydrogens is 336 g/mol. The Morgan fingerprint density at radius 1 is 1.00 bits per heavy atom. The Hall–Kier alpha value is -2.62. The third-order valence-electron chi connectivity index (χ3n) is 5.31. The number of rotatable bonds is 4. The number of carbonyl (C=O) groups is 2. The molecule has 2 amide bonds. The van der Waals surface area contributed by atoms with Crippen LogP contribution < -0.4 is 5.32 Å². The quantitative estimate of drug-likeness (QED) is 0.890. The summed E-state index contributed by atoms with van der Waals surface area (Å²) in [7, 11) is 0. The molecular formula is C23H28N2O2. The van der Waals surface area contributed by atoms with Gasteiger partial charge in [-0.05, 0) is 56.4 Å². The first kappa shape index (κ1) is 19.2. The van der Waals surface area contributed by atoms with E-state index in [2.05, 4.69) is 11.4 Å². The van der Waals surface area contributed by atoms with Gasteiger partial charge >= 0.3 is 0 Å². The first-order valence-corrected chi connectivity index (χ1v) is 9.64. The molecule has 0 spiro atoms. The number of nitrogens with zero attached hydrogens (tertiary/aromatic N) is 1. The minimum absolute atomic E-state index is 0.0343. The SMILES string of the molecule is Cc1cccc(CC(=O)N2CCC(C(=O)Nc3cc(C)ccc3C)CC2)c1. The highest BCUT2D eigenvalue weighted by molar-refractivity contribution is 5.93. The molecule has 1 N–H and O–H groups in total. The number of likely N-dealkylation sites (tertiary alicyclic amines) is 1. The number of hydrogen-bond donors (Lipinski definition) is 1. The predicted octanol–water partition coefficient (Wildman–Crippen LogP) is 4.03. The second-order valence-corrected chi connectivity index (χ2v) is 7.63. The molecule has 3 rings (SSSR count). The van der Waals surface area contributed by atoms with Crippen LogP contribution in [-0.2, 0) is 16.0 Å². The molecule has 1 aliphatic rings. The van der Waals surface area contributed by atoms with E-state index in [0.717, 1.165) is 35.2 Å². The Morgan fingerprint density at radius 3 is 2.41 bits per heavy atom. The van der Waals surface area contributed by atoms with Gasteiger partial charge in [0.1, 0.15) is 0 Å². The third kappa shape index (κ3) is 4.97. The fraction of sp³-hybridized carbons (Fsp3) is 0.391. The Labute approximate surface area is 161 Å². The molecule has 2 aromatic rings. The predicted molar refractivity (Wildman–Crippen MR) is 109 cm³/mol. The van der Waals surface area contributed by atoms with Gasteiger partial charge in [0.05, 0.1) is 6.42 Å². The molecule has 2 aromatic carbocycles. The lowest BCUT2D eigenvalue weighted by molar-refractivity contribution is -0.133. The van der Waals surface area contributed by atoms with Crippen LogP contribution in [0.15, 0.2) is 42.5 Å². The maximum absolute atomic E-state index is 12.6. The second-order valence-electron chi connectivity index (χ2n) is 7.63. The minimum atomic E-state index is -0.0343. The molecule has 0 aromatic heterocycles. The van der Waals surface area contributed by atoms with Gasteiger partial charge in [0.25, 0.3) is 0 Å². The van der Waals surface area contributed by atoms with E-state index in [1.807, 2.05) is 62.1 Å². The Kier molecular flexibility index (Phi) is 5.94. The average molecular weight is 364 g/mol. The number of benzene rings is 2. The number of aryl methyl sites for hydroxylation is 3. The monoisotopic (exact) mass is 364 g/mol. The van der Waals surface area contributed by atoms with Crippen LogP contribution in [0.4, 0.5) is 5.69 Å². The van der Waals surface area contributed by atoms with E-state index in [1.54, 1.807) is 0 Å². The van der Waals surface area contributed by atoms with Crippen LogP contribution in [0.25, 0.3) is 0 Å². The molecule has 0 aliphatic carbocycles. The van der Waals surface area contributed by atoms with Gasteiger partial charge in [-0.1, -0.05) is 42.0 Å². The van der Waals surface area contributed by atoms with E-state index in [0.29, 0.717) is 19.5 Å². The Balaban J connectivity index is 1.52. The van der Waals surface area contributed by atoms with Gasteiger partial charge in [-0.3, -0.25) is 9.59 Å². The molecule has 0 saturated carbocycles. The number of nitrogens with one attached hydrogen (secondary N) is 1. The highest BCUT2D eigenvalue weighted by Gasteiger charge is 2.27. The highest BCUT2D eigenvalue weighted by atomic mass is 16.2. The third-order valence-corrected chi connectivity index (χ3v) is 5.31. The zero-order chi connectivity index (χ0) is 19.4. The maximum Gasteiger partial charge on any atom is 0.227 e. The molecule has 27 heavy (non-hydrogen) atoms. The topological polar surface area (TPSA) is 49.4 Å². The summed E-state index contributed by atoms with van der Waals surface area (Å²) < 4.78 is 0. The van der Waals surface area contributed by atoms with Gasteiger partial charge in [0, 0.05) is 24.7 Å². The fourth-order valence-electron chi connectivity index (χ4n) is 3.60. The Morgan fingerprint density at radius 2 is 1.70 bits per heavy atom. The number of carbonyl (C=O) groups excluding carboxylic acids is 2. The number of amides is 2. The molecule has 142 valence electrons. The average Bonchev–Trinajstić information content (AvgIpc) is 2.65. The van der Waals surface area contributed by atoms with Gasteiger partial charge in [-0.2, -0.15) is 0 Å². The van der Waals surface area contributed by atoms with Crippen molar-refractivity contribution in [2.75, 3.05) is 18.4 Å². The molecule has 1 aliphatic heterocycles. The van der Waals surface area contributed by atoms with Crippen molar-refractivity contribution in [3.05, 3.63) is 64.7 Å². The van der Waals surface area contributed by atoms with Gasteiger partial charge in [0.15, 0.2) is 0 Å². The molecule has 1 saturated heterocycles. The van der Waals surface area contributed by atoms with Crippen LogP contribution >= 0.6 is 0 Å². The molecule has 0 bridgehead atoms. The zero-order valence-corrected chi connectivity index (χ0v) is 16.4. The van der Waals surface area contributed by atoms with Crippen LogP contribution in [0.2, 0.25) is 0 Å². The second kappa shape index (κ2) is 8.38.